The summed E-state index contributed by atoms with van der Waals surface area (Å²) in [5, 5.41) is 9.94. The average molecular weight is 285 g/mol. The van der Waals surface area contributed by atoms with E-state index in [1.54, 1.807) is 12.1 Å². The Morgan fingerprint density at radius 1 is 1.15 bits per heavy atom. The van der Waals surface area contributed by atoms with Crippen molar-refractivity contribution >= 4 is 17.3 Å². The zero-order valence-electron chi connectivity index (χ0n) is 11.7. The zero-order chi connectivity index (χ0) is 14.5. The van der Waals surface area contributed by atoms with Crippen molar-refractivity contribution in [2.24, 2.45) is 0 Å². The number of anilines is 1. The minimum Gasteiger partial charge on any atom is -0.364 e. The first kappa shape index (κ1) is 14.4. The summed E-state index contributed by atoms with van der Waals surface area (Å²) in [4.78, 5) is 2.19. The van der Waals surface area contributed by atoms with Gasteiger partial charge in [0.05, 0.1) is 11.3 Å². The lowest BCUT2D eigenvalue weighted by Crippen LogP contribution is -2.30. The molecule has 0 unspecified atom stereocenters. The normalized spacial score (nSPS) is 10.3. The highest BCUT2D eigenvalue weighted by atomic mass is 35.5. The fourth-order valence-electron chi connectivity index (χ4n) is 2.16. The van der Waals surface area contributed by atoms with E-state index in [1.165, 1.54) is 5.56 Å². The van der Waals surface area contributed by atoms with Gasteiger partial charge < -0.3 is 4.90 Å². The van der Waals surface area contributed by atoms with Crippen LogP contribution in [0.25, 0.3) is 0 Å². The van der Waals surface area contributed by atoms with E-state index in [0.29, 0.717) is 10.6 Å². The summed E-state index contributed by atoms with van der Waals surface area (Å²) in [5.41, 5.74) is 2.75. The number of halogens is 1. The fraction of sp³-hybridized carbons (Fsp3) is 0.235. The van der Waals surface area contributed by atoms with E-state index in [9.17, 15) is 5.26 Å². The van der Waals surface area contributed by atoms with Gasteiger partial charge in [-0.05, 0) is 37.6 Å². The summed E-state index contributed by atoms with van der Waals surface area (Å²) in [5.74, 6) is 0. The van der Waals surface area contributed by atoms with Gasteiger partial charge in [0.15, 0.2) is 0 Å². The average Bonchev–Trinajstić information content (AvgIpc) is 2.45. The first-order valence-electron chi connectivity index (χ1n) is 6.62. The molecular weight excluding hydrogens is 268 g/mol. The SMILES string of the molecule is CC(C)N(Cc1ccccc1)c1cc(Cl)ccc1C#N. The van der Waals surface area contributed by atoms with Crippen LogP contribution in [0.2, 0.25) is 5.02 Å². The highest BCUT2D eigenvalue weighted by Crippen LogP contribution is 2.27. The molecule has 0 aromatic heterocycles. The second kappa shape index (κ2) is 6.45. The molecule has 0 fully saturated rings. The van der Waals surface area contributed by atoms with Crippen molar-refractivity contribution < 1.29 is 0 Å². The highest BCUT2D eigenvalue weighted by molar-refractivity contribution is 6.30. The molecule has 2 rings (SSSR count). The molecule has 0 spiro atoms. The van der Waals surface area contributed by atoms with Crippen LogP contribution < -0.4 is 4.90 Å². The third-order valence-electron chi connectivity index (χ3n) is 3.21. The van der Waals surface area contributed by atoms with Crippen LogP contribution in [0.4, 0.5) is 5.69 Å². The van der Waals surface area contributed by atoms with Crippen molar-refractivity contribution in [3.8, 4) is 6.07 Å². The van der Waals surface area contributed by atoms with Gasteiger partial charge >= 0.3 is 0 Å². The van der Waals surface area contributed by atoms with E-state index in [2.05, 4.69) is 36.9 Å². The number of rotatable bonds is 4. The van der Waals surface area contributed by atoms with Crippen LogP contribution in [-0.2, 0) is 6.54 Å². The molecule has 3 heteroatoms. The minimum absolute atomic E-state index is 0.278. The van der Waals surface area contributed by atoms with Crippen molar-refractivity contribution in [2.45, 2.75) is 26.4 Å². The Balaban J connectivity index is 2.39. The van der Waals surface area contributed by atoms with Crippen molar-refractivity contribution in [1.29, 1.82) is 5.26 Å². The minimum atomic E-state index is 0.278. The van der Waals surface area contributed by atoms with Crippen LogP contribution in [0.1, 0.15) is 25.0 Å². The first-order valence-corrected chi connectivity index (χ1v) is 7.00. The third kappa shape index (κ3) is 3.31. The lowest BCUT2D eigenvalue weighted by atomic mass is 10.1. The predicted molar refractivity (Wildman–Crippen MR) is 83.9 cm³/mol. The molecule has 0 aliphatic heterocycles. The Kier molecular flexibility index (Phi) is 4.65. The topological polar surface area (TPSA) is 27.0 Å². The lowest BCUT2D eigenvalue weighted by molar-refractivity contribution is 0.682. The number of nitrogens with zero attached hydrogens (tertiary/aromatic N) is 2. The molecule has 0 N–H and O–H groups in total. The molecule has 0 bridgehead atoms. The molecule has 0 aliphatic carbocycles. The van der Waals surface area contributed by atoms with Crippen molar-refractivity contribution in [3.63, 3.8) is 0 Å². The Morgan fingerprint density at radius 2 is 1.85 bits per heavy atom. The summed E-state index contributed by atoms with van der Waals surface area (Å²) >= 11 is 6.09. The highest BCUT2D eigenvalue weighted by Gasteiger charge is 2.15. The number of hydrogen-bond acceptors (Lipinski definition) is 2. The van der Waals surface area contributed by atoms with Gasteiger partial charge in [0.1, 0.15) is 6.07 Å². The molecule has 2 aromatic carbocycles. The summed E-state index contributed by atoms with van der Waals surface area (Å²) < 4.78 is 0. The second-order valence-electron chi connectivity index (χ2n) is 4.98. The molecule has 0 amide bonds. The Hall–Kier alpha value is -1.98. The quantitative estimate of drug-likeness (QED) is 0.819. The molecule has 20 heavy (non-hydrogen) atoms. The number of benzene rings is 2. The standard InChI is InChI=1S/C17H17ClN2/c1-13(2)20(12-14-6-4-3-5-7-14)17-10-16(18)9-8-15(17)11-19/h3-10,13H,12H2,1-2H3. The molecule has 0 heterocycles. The summed E-state index contributed by atoms with van der Waals surface area (Å²) in [6.45, 7) is 4.99. The van der Waals surface area contributed by atoms with E-state index >= 15 is 0 Å². The molecule has 102 valence electrons. The van der Waals surface area contributed by atoms with Crippen LogP contribution in [-0.4, -0.2) is 6.04 Å². The van der Waals surface area contributed by atoms with Gasteiger partial charge in [0.25, 0.3) is 0 Å². The number of nitriles is 1. The largest absolute Gasteiger partial charge is 0.364 e. The van der Waals surface area contributed by atoms with Crippen molar-refractivity contribution in [3.05, 3.63) is 64.7 Å². The summed E-state index contributed by atoms with van der Waals surface area (Å²) in [7, 11) is 0. The molecule has 0 radical (unpaired) electrons. The van der Waals surface area contributed by atoms with Crippen LogP contribution in [0.5, 0.6) is 0 Å². The molecular formula is C17H17ClN2. The third-order valence-corrected chi connectivity index (χ3v) is 3.44. The second-order valence-corrected chi connectivity index (χ2v) is 5.42. The van der Waals surface area contributed by atoms with E-state index in [1.807, 2.05) is 24.3 Å². The van der Waals surface area contributed by atoms with Crippen molar-refractivity contribution in [2.75, 3.05) is 4.90 Å². The van der Waals surface area contributed by atoms with Crippen molar-refractivity contribution in [1.82, 2.24) is 0 Å². The van der Waals surface area contributed by atoms with E-state index < -0.39 is 0 Å². The zero-order valence-corrected chi connectivity index (χ0v) is 12.4. The predicted octanol–water partition coefficient (Wildman–Crippen LogP) is 4.63. The summed E-state index contributed by atoms with van der Waals surface area (Å²) in [6, 6.07) is 18.1. The van der Waals surface area contributed by atoms with E-state index in [-0.39, 0.29) is 6.04 Å². The summed E-state index contributed by atoms with van der Waals surface area (Å²) in [6.07, 6.45) is 0. The van der Waals surface area contributed by atoms with Gasteiger partial charge in [0.2, 0.25) is 0 Å². The molecule has 2 aromatic rings. The Morgan fingerprint density at radius 3 is 2.45 bits per heavy atom. The Bertz CT molecular complexity index is 615. The van der Waals surface area contributed by atoms with Gasteiger partial charge in [-0.1, -0.05) is 41.9 Å². The van der Waals surface area contributed by atoms with Gasteiger partial charge in [-0.25, -0.2) is 0 Å². The number of hydrogen-bond donors (Lipinski definition) is 0. The molecule has 0 saturated carbocycles. The smallest absolute Gasteiger partial charge is 0.101 e. The molecule has 0 atom stereocenters. The monoisotopic (exact) mass is 284 g/mol. The maximum atomic E-state index is 9.29. The molecule has 0 aliphatic rings. The van der Waals surface area contributed by atoms with Crippen LogP contribution >= 0.6 is 11.6 Å². The van der Waals surface area contributed by atoms with Crippen LogP contribution in [0.3, 0.4) is 0 Å². The van der Waals surface area contributed by atoms with Gasteiger partial charge in [-0.3, -0.25) is 0 Å². The van der Waals surface area contributed by atoms with Gasteiger partial charge in [-0.2, -0.15) is 5.26 Å². The molecule has 2 nitrogen and oxygen atoms in total. The van der Waals surface area contributed by atoms with E-state index in [4.69, 9.17) is 11.6 Å². The van der Waals surface area contributed by atoms with Gasteiger partial charge in [-0.15, -0.1) is 0 Å². The molecule has 0 saturated heterocycles. The van der Waals surface area contributed by atoms with E-state index in [0.717, 1.165) is 12.2 Å². The fourth-order valence-corrected chi connectivity index (χ4v) is 2.33. The van der Waals surface area contributed by atoms with Crippen LogP contribution in [0, 0.1) is 11.3 Å². The van der Waals surface area contributed by atoms with Gasteiger partial charge in [0, 0.05) is 17.6 Å². The lowest BCUT2D eigenvalue weighted by Gasteiger charge is -2.30. The maximum absolute atomic E-state index is 9.29. The van der Waals surface area contributed by atoms with Crippen LogP contribution in [0.15, 0.2) is 48.5 Å². The Labute approximate surface area is 125 Å². The first-order chi connectivity index (χ1) is 9.61. The maximum Gasteiger partial charge on any atom is 0.101 e.